The van der Waals surface area contributed by atoms with Crippen LogP contribution in [0, 0.1) is 0 Å². The van der Waals surface area contributed by atoms with Crippen molar-refractivity contribution in [2.24, 2.45) is 0 Å². The molecule has 1 N–H and O–H groups in total. The summed E-state index contributed by atoms with van der Waals surface area (Å²) in [6, 6.07) is 10.2. The zero-order chi connectivity index (χ0) is 12.4. The monoisotopic (exact) mass is 240 g/mol. The molecule has 0 saturated carbocycles. The number of hydrogen-bond donors (Lipinski definition) is 1. The molecule has 5 nitrogen and oxygen atoms in total. The van der Waals surface area contributed by atoms with Gasteiger partial charge in [-0.05, 0) is 31.2 Å². The van der Waals surface area contributed by atoms with E-state index in [1.807, 2.05) is 37.3 Å². The van der Waals surface area contributed by atoms with Gasteiger partial charge in [-0.1, -0.05) is 11.2 Å². The molecule has 0 radical (unpaired) electrons. The summed E-state index contributed by atoms with van der Waals surface area (Å²) in [6.07, 6.45) is 1.78. The van der Waals surface area contributed by atoms with Crippen LogP contribution in [-0.4, -0.2) is 21.7 Å². The molecule has 0 amide bonds. The zero-order valence-corrected chi connectivity index (χ0v) is 9.92. The van der Waals surface area contributed by atoms with Gasteiger partial charge in [-0.3, -0.25) is 4.98 Å². The molecule has 0 bridgehead atoms. The molecule has 3 aromatic rings. The molecule has 5 heteroatoms. The highest BCUT2D eigenvalue weighted by Gasteiger charge is 2.08. The topological polar surface area (TPSA) is 63.8 Å². The maximum absolute atomic E-state index is 5.51. The molecule has 0 aliphatic carbocycles. The van der Waals surface area contributed by atoms with Crippen molar-refractivity contribution in [2.75, 3.05) is 11.9 Å². The molecule has 2 heterocycles. The van der Waals surface area contributed by atoms with Gasteiger partial charge in [0.15, 0.2) is 0 Å². The summed E-state index contributed by atoms with van der Waals surface area (Å²) in [7, 11) is 0. The van der Waals surface area contributed by atoms with E-state index in [-0.39, 0.29) is 0 Å². The largest absolute Gasteiger partial charge is 0.403 e. The lowest BCUT2D eigenvalue weighted by molar-refractivity contribution is 0.582. The van der Waals surface area contributed by atoms with Crippen molar-refractivity contribution in [3.05, 3.63) is 36.5 Å². The molecule has 2 aromatic heterocycles. The summed E-state index contributed by atoms with van der Waals surface area (Å²) in [5.74, 6) is 0.511. The average Bonchev–Trinajstić information content (AvgIpc) is 2.87. The Hall–Kier alpha value is -2.43. The third-order valence-corrected chi connectivity index (χ3v) is 2.60. The first kappa shape index (κ1) is 10.7. The zero-order valence-electron chi connectivity index (χ0n) is 9.92. The lowest BCUT2D eigenvalue weighted by atomic mass is 10.1. The minimum Gasteiger partial charge on any atom is -0.403 e. The molecule has 0 spiro atoms. The number of hydrogen-bond acceptors (Lipinski definition) is 5. The van der Waals surface area contributed by atoms with Crippen LogP contribution in [0.25, 0.3) is 22.4 Å². The van der Waals surface area contributed by atoms with E-state index in [9.17, 15) is 0 Å². The van der Waals surface area contributed by atoms with Gasteiger partial charge in [-0.2, -0.15) is 0 Å². The van der Waals surface area contributed by atoms with Crippen molar-refractivity contribution < 1.29 is 4.42 Å². The van der Waals surface area contributed by atoms with Gasteiger partial charge < -0.3 is 9.73 Å². The summed E-state index contributed by atoms with van der Waals surface area (Å²) < 4.78 is 5.51. The van der Waals surface area contributed by atoms with E-state index in [2.05, 4.69) is 20.5 Å². The van der Waals surface area contributed by atoms with Crippen molar-refractivity contribution >= 4 is 16.9 Å². The number of fused-ring (bicyclic) bond motifs is 1. The number of pyridine rings is 1. The molecule has 0 atom stereocenters. The number of rotatable bonds is 3. The highest BCUT2D eigenvalue weighted by Crippen LogP contribution is 2.23. The summed E-state index contributed by atoms with van der Waals surface area (Å²) in [6.45, 7) is 2.73. The van der Waals surface area contributed by atoms with Gasteiger partial charge in [-0.25, -0.2) is 0 Å². The normalized spacial score (nSPS) is 10.7. The maximum Gasteiger partial charge on any atom is 0.315 e. The van der Waals surface area contributed by atoms with Gasteiger partial charge in [0, 0.05) is 23.7 Å². The van der Waals surface area contributed by atoms with Crippen LogP contribution in [0.2, 0.25) is 0 Å². The number of anilines is 1. The van der Waals surface area contributed by atoms with E-state index >= 15 is 0 Å². The minimum atomic E-state index is 0.443. The van der Waals surface area contributed by atoms with Gasteiger partial charge in [0.1, 0.15) is 0 Å². The summed E-state index contributed by atoms with van der Waals surface area (Å²) in [5.41, 5.74) is 1.85. The van der Waals surface area contributed by atoms with Crippen molar-refractivity contribution in [2.45, 2.75) is 6.92 Å². The average molecular weight is 240 g/mol. The molecular weight excluding hydrogens is 228 g/mol. The summed E-state index contributed by atoms with van der Waals surface area (Å²) in [4.78, 5) is 4.27. The van der Waals surface area contributed by atoms with Crippen LogP contribution in [-0.2, 0) is 0 Å². The smallest absolute Gasteiger partial charge is 0.315 e. The molecule has 0 aliphatic rings. The Labute approximate surface area is 104 Å². The first-order valence-electron chi connectivity index (χ1n) is 5.79. The van der Waals surface area contributed by atoms with Gasteiger partial charge in [0.05, 0.1) is 5.52 Å². The Kier molecular flexibility index (Phi) is 2.64. The van der Waals surface area contributed by atoms with E-state index in [1.165, 1.54) is 0 Å². The number of nitrogens with zero attached hydrogens (tertiary/aromatic N) is 3. The quantitative estimate of drug-likeness (QED) is 0.762. The fourth-order valence-corrected chi connectivity index (χ4v) is 1.77. The highest BCUT2D eigenvalue weighted by atomic mass is 16.4. The molecule has 0 unspecified atom stereocenters. The SMILES string of the molecule is CCNc1nnc(-c2ccc3ncccc3c2)o1. The van der Waals surface area contributed by atoms with Gasteiger partial charge in [0.25, 0.3) is 0 Å². The molecular formula is C13H12N4O. The Balaban J connectivity index is 2.02. The first-order valence-corrected chi connectivity index (χ1v) is 5.79. The van der Waals surface area contributed by atoms with E-state index in [0.29, 0.717) is 11.9 Å². The predicted octanol–water partition coefficient (Wildman–Crippen LogP) is 2.72. The van der Waals surface area contributed by atoms with Crippen molar-refractivity contribution in [3.8, 4) is 11.5 Å². The van der Waals surface area contributed by atoms with Crippen LogP contribution < -0.4 is 5.32 Å². The van der Waals surface area contributed by atoms with Gasteiger partial charge >= 0.3 is 6.01 Å². The van der Waals surface area contributed by atoms with Crippen LogP contribution >= 0.6 is 0 Å². The molecule has 0 aliphatic heterocycles. The lowest BCUT2D eigenvalue weighted by Crippen LogP contribution is -1.95. The van der Waals surface area contributed by atoms with E-state index < -0.39 is 0 Å². The Morgan fingerprint density at radius 3 is 3.06 bits per heavy atom. The van der Waals surface area contributed by atoms with Crippen molar-refractivity contribution in [3.63, 3.8) is 0 Å². The Morgan fingerprint density at radius 1 is 1.22 bits per heavy atom. The number of benzene rings is 1. The standard InChI is InChI=1S/C13H12N4O/c1-2-14-13-17-16-12(18-13)10-5-6-11-9(8-10)4-3-7-15-11/h3-8H,2H2,1H3,(H,14,17). The molecule has 1 aromatic carbocycles. The van der Waals surface area contributed by atoms with Gasteiger partial charge in [-0.15, -0.1) is 5.10 Å². The predicted molar refractivity (Wildman–Crippen MR) is 69.2 cm³/mol. The second-order valence-electron chi connectivity index (χ2n) is 3.85. The summed E-state index contributed by atoms with van der Waals surface area (Å²) >= 11 is 0. The van der Waals surface area contributed by atoms with Crippen LogP contribution in [0.1, 0.15) is 6.92 Å². The van der Waals surface area contributed by atoms with Crippen molar-refractivity contribution in [1.82, 2.24) is 15.2 Å². The van der Waals surface area contributed by atoms with Crippen LogP contribution in [0.4, 0.5) is 6.01 Å². The molecule has 3 rings (SSSR count). The number of nitrogens with one attached hydrogen (secondary N) is 1. The molecule has 18 heavy (non-hydrogen) atoms. The summed E-state index contributed by atoms with van der Waals surface area (Å²) in [5, 5.41) is 12.0. The highest BCUT2D eigenvalue weighted by molar-refractivity contribution is 5.82. The Bertz CT molecular complexity index is 677. The third kappa shape index (κ3) is 1.90. The molecule has 90 valence electrons. The third-order valence-electron chi connectivity index (χ3n) is 2.60. The molecule has 0 fully saturated rings. The minimum absolute atomic E-state index is 0.443. The van der Waals surface area contributed by atoms with Gasteiger partial charge in [0.2, 0.25) is 5.89 Å². The molecule has 0 saturated heterocycles. The van der Waals surface area contributed by atoms with Crippen LogP contribution in [0.5, 0.6) is 0 Å². The fraction of sp³-hybridized carbons (Fsp3) is 0.154. The lowest BCUT2D eigenvalue weighted by Gasteiger charge is -1.98. The fourth-order valence-electron chi connectivity index (χ4n) is 1.77. The van der Waals surface area contributed by atoms with Crippen LogP contribution in [0.3, 0.4) is 0 Å². The van der Waals surface area contributed by atoms with E-state index in [4.69, 9.17) is 4.42 Å². The maximum atomic E-state index is 5.51. The van der Waals surface area contributed by atoms with Crippen LogP contribution in [0.15, 0.2) is 40.9 Å². The van der Waals surface area contributed by atoms with E-state index in [1.54, 1.807) is 6.20 Å². The first-order chi connectivity index (χ1) is 8.86. The second-order valence-corrected chi connectivity index (χ2v) is 3.85. The number of aromatic nitrogens is 3. The Morgan fingerprint density at radius 2 is 2.17 bits per heavy atom. The second kappa shape index (κ2) is 4.44. The van der Waals surface area contributed by atoms with E-state index in [0.717, 1.165) is 23.0 Å². The van der Waals surface area contributed by atoms with Crippen molar-refractivity contribution in [1.29, 1.82) is 0 Å².